The second-order valence-electron chi connectivity index (χ2n) is 4.72. The van der Waals surface area contributed by atoms with E-state index in [-0.39, 0.29) is 0 Å². The number of unbranched alkanes of at least 4 members (excludes halogenated alkanes) is 1. The van der Waals surface area contributed by atoms with Crippen LogP contribution in [0.2, 0.25) is 4.34 Å². The third-order valence-electron chi connectivity index (χ3n) is 3.39. The van der Waals surface area contributed by atoms with Crippen LogP contribution in [0.5, 0.6) is 0 Å². The third-order valence-corrected chi connectivity index (χ3v) is 6.99. The standard InChI is InChI=1S/C12H16ClN3O2S2/c13-11-3-4-12(19-11)20(17,18)16-9-7-15(8-10-16)6-2-1-5-14/h3-4H,1-2,6-10H2/p+1. The zero-order chi connectivity index (χ0) is 14.6. The molecule has 0 unspecified atom stereocenters. The second-order valence-corrected chi connectivity index (χ2v) is 8.60. The van der Waals surface area contributed by atoms with Gasteiger partial charge in [-0.2, -0.15) is 9.57 Å². The molecular formula is C12H17ClN3O2S2+. The van der Waals surface area contributed by atoms with Gasteiger partial charge in [-0.25, -0.2) is 8.42 Å². The first kappa shape index (κ1) is 15.7. The van der Waals surface area contributed by atoms with Gasteiger partial charge in [0.15, 0.2) is 0 Å². The summed E-state index contributed by atoms with van der Waals surface area (Å²) in [4.78, 5) is 1.37. The summed E-state index contributed by atoms with van der Waals surface area (Å²) in [5.74, 6) is 0. The maximum absolute atomic E-state index is 12.4. The zero-order valence-corrected chi connectivity index (χ0v) is 13.4. The predicted octanol–water partition coefficient (Wildman–Crippen LogP) is 0.594. The van der Waals surface area contributed by atoms with Crippen LogP contribution in [-0.4, -0.2) is 45.4 Å². The summed E-state index contributed by atoms with van der Waals surface area (Å²) < 4.78 is 27.1. The summed E-state index contributed by atoms with van der Waals surface area (Å²) in [6, 6.07) is 5.31. The first-order chi connectivity index (χ1) is 9.54. The minimum absolute atomic E-state index is 0.315. The van der Waals surface area contributed by atoms with Crippen molar-refractivity contribution < 1.29 is 13.3 Å². The SMILES string of the molecule is N#CCCC[NH+]1CCN(S(=O)(=O)c2ccc(Cl)s2)CC1. The van der Waals surface area contributed by atoms with Crippen molar-refractivity contribution in [3.8, 4) is 6.07 Å². The van der Waals surface area contributed by atoms with E-state index in [0.29, 0.717) is 28.1 Å². The number of sulfonamides is 1. The molecule has 0 amide bonds. The topological polar surface area (TPSA) is 65.6 Å². The first-order valence-corrected chi connectivity index (χ1v) is 9.13. The summed E-state index contributed by atoms with van der Waals surface area (Å²) in [5, 5.41) is 8.52. The van der Waals surface area contributed by atoms with E-state index in [0.717, 1.165) is 37.4 Å². The lowest BCUT2D eigenvalue weighted by atomic mass is 10.3. The van der Waals surface area contributed by atoms with E-state index in [9.17, 15) is 8.42 Å². The Kier molecular flexibility index (Phi) is 5.41. The van der Waals surface area contributed by atoms with Crippen molar-refractivity contribution in [2.45, 2.75) is 17.1 Å². The average Bonchev–Trinajstić information content (AvgIpc) is 2.87. The zero-order valence-electron chi connectivity index (χ0n) is 11.0. The van der Waals surface area contributed by atoms with Crippen LogP contribution < -0.4 is 4.90 Å². The van der Waals surface area contributed by atoms with E-state index in [4.69, 9.17) is 16.9 Å². The number of thiophene rings is 1. The Labute approximate surface area is 128 Å². The number of hydrogen-bond donors (Lipinski definition) is 1. The first-order valence-electron chi connectivity index (χ1n) is 6.50. The Bertz CT molecular complexity index is 586. The van der Waals surface area contributed by atoms with Crippen LogP contribution >= 0.6 is 22.9 Å². The summed E-state index contributed by atoms with van der Waals surface area (Å²) in [5.41, 5.74) is 0. The molecule has 1 aromatic rings. The summed E-state index contributed by atoms with van der Waals surface area (Å²) in [7, 11) is -3.39. The van der Waals surface area contributed by atoms with Gasteiger partial charge < -0.3 is 4.90 Å². The number of quaternary nitrogens is 1. The molecule has 20 heavy (non-hydrogen) atoms. The Morgan fingerprint density at radius 3 is 2.65 bits per heavy atom. The van der Waals surface area contributed by atoms with Gasteiger partial charge in [-0.05, 0) is 12.1 Å². The van der Waals surface area contributed by atoms with E-state index >= 15 is 0 Å². The number of nitrogens with zero attached hydrogens (tertiary/aromatic N) is 2. The van der Waals surface area contributed by atoms with E-state index in [1.165, 1.54) is 9.21 Å². The van der Waals surface area contributed by atoms with E-state index in [1.807, 2.05) is 0 Å². The number of nitriles is 1. The van der Waals surface area contributed by atoms with Gasteiger partial charge >= 0.3 is 0 Å². The predicted molar refractivity (Wildman–Crippen MR) is 78.5 cm³/mol. The minimum Gasteiger partial charge on any atom is -0.333 e. The lowest BCUT2D eigenvalue weighted by Gasteiger charge is -2.31. The molecule has 1 saturated heterocycles. The largest absolute Gasteiger partial charge is 0.333 e. The Hall–Kier alpha value is -0.650. The molecule has 0 aromatic carbocycles. The van der Waals surface area contributed by atoms with Gasteiger partial charge in [0.05, 0.1) is 43.1 Å². The number of rotatable bonds is 5. The Morgan fingerprint density at radius 1 is 1.40 bits per heavy atom. The molecule has 0 aliphatic carbocycles. The number of piperazine rings is 1. The van der Waals surface area contributed by atoms with Crippen molar-refractivity contribution in [1.29, 1.82) is 5.26 Å². The van der Waals surface area contributed by atoms with Crippen LogP contribution in [0.15, 0.2) is 16.3 Å². The minimum atomic E-state index is -3.39. The van der Waals surface area contributed by atoms with E-state index in [2.05, 4.69) is 6.07 Å². The highest BCUT2D eigenvalue weighted by atomic mass is 35.5. The quantitative estimate of drug-likeness (QED) is 0.802. The van der Waals surface area contributed by atoms with Crippen molar-refractivity contribution in [3.63, 3.8) is 0 Å². The van der Waals surface area contributed by atoms with Gasteiger partial charge in [-0.1, -0.05) is 11.6 Å². The summed E-state index contributed by atoms with van der Waals surface area (Å²) >= 11 is 6.90. The lowest BCUT2D eigenvalue weighted by Crippen LogP contribution is -3.14. The van der Waals surface area contributed by atoms with Crippen LogP contribution in [-0.2, 0) is 10.0 Å². The van der Waals surface area contributed by atoms with Crippen LogP contribution in [0, 0.1) is 11.3 Å². The number of halogens is 1. The van der Waals surface area contributed by atoms with Crippen molar-refractivity contribution in [1.82, 2.24) is 4.31 Å². The molecule has 110 valence electrons. The van der Waals surface area contributed by atoms with Crippen LogP contribution in [0.3, 0.4) is 0 Å². The van der Waals surface area contributed by atoms with Gasteiger partial charge in [0.25, 0.3) is 10.0 Å². The normalized spacial score (nSPS) is 18.0. The van der Waals surface area contributed by atoms with E-state index < -0.39 is 10.0 Å². The second kappa shape index (κ2) is 6.87. The van der Waals surface area contributed by atoms with Crippen LogP contribution in [0.25, 0.3) is 0 Å². The molecule has 1 aliphatic rings. The smallest absolute Gasteiger partial charge is 0.253 e. The third kappa shape index (κ3) is 3.71. The molecule has 1 fully saturated rings. The molecule has 0 bridgehead atoms. The maximum Gasteiger partial charge on any atom is 0.253 e. The molecule has 1 aliphatic heterocycles. The average molecular weight is 335 g/mol. The molecule has 0 saturated carbocycles. The van der Waals surface area contributed by atoms with Crippen molar-refractivity contribution >= 4 is 33.0 Å². The molecule has 1 N–H and O–H groups in total. The van der Waals surface area contributed by atoms with Crippen LogP contribution in [0.1, 0.15) is 12.8 Å². The Balaban J connectivity index is 1.92. The molecule has 1 aromatic heterocycles. The highest BCUT2D eigenvalue weighted by Crippen LogP contribution is 2.27. The fraction of sp³-hybridized carbons (Fsp3) is 0.583. The maximum atomic E-state index is 12.4. The van der Waals surface area contributed by atoms with Gasteiger partial charge in [-0.3, -0.25) is 0 Å². The molecule has 8 heteroatoms. The molecule has 0 radical (unpaired) electrons. The molecule has 0 spiro atoms. The molecule has 5 nitrogen and oxygen atoms in total. The monoisotopic (exact) mass is 334 g/mol. The molecule has 2 heterocycles. The fourth-order valence-corrected chi connectivity index (χ4v) is 5.35. The molecular weight excluding hydrogens is 318 g/mol. The number of nitrogens with one attached hydrogen (secondary N) is 1. The highest BCUT2D eigenvalue weighted by molar-refractivity contribution is 7.91. The van der Waals surface area contributed by atoms with Gasteiger partial charge in [0, 0.05) is 12.8 Å². The lowest BCUT2D eigenvalue weighted by molar-refractivity contribution is -0.903. The molecule has 0 atom stereocenters. The van der Waals surface area contributed by atoms with Crippen molar-refractivity contribution in [2.24, 2.45) is 0 Å². The summed E-state index contributed by atoms with van der Waals surface area (Å²) in [6.45, 7) is 3.58. The van der Waals surface area contributed by atoms with Gasteiger partial charge in [0.2, 0.25) is 0 Å². The van der Waals surface area contributed by atoms with Gasteiger partial charge in [0.1, 0.15) is 4.21 Å². The van der Waals surface area contributed by atoms with Gasteiger partial charge in [-0.15, -0.1) is 11.3 Å². The highest BCUT2D eigenvalue weighted by Gasteiger charge is 2.31. The van der Waals surface area contributed by atoms with E-state index in [1.54, 1.807) is 12.1 Å². The Morgan fingerprint density at radius 2 is 2.10 bits per heavy atom. The number of hydrogen-bond acceptors (Lipinski definition) is 4. The summed E-state index contributed by atoms with van der Waals surface area (Å²) in [6.07, 6.45) is 1.44. The van der Waals surface area contributed by atoms with Crippen molar-refractivity contribution in [2.75, 3.05) is 32.7 Å². The van der Waals surface area contributed by atoms with Crippen molar-refractivity contribution in [3.05, 3.63) is 16.5 Å². The molecule has 2 rings (SSSR count). The van der Waals surface area contributed by atoms with Crippen LogP contribution in [0.4, 0.5) is 0 Å². The fourth-order valence-electron chi connectivity index (χ4n) is 2.27.